The second-order valence-corrected chi connectivity index (χ2v) is 2.79. The van der Waals surface area contributed by atoms with Gasteiger partial charge in [0.2, 0.25) is 0 Å². The molecule has 0 aromatic heterocycles. The molecule has 2 atom stereocenters. The monoisotopic (exact) mass is 139 g/mol. The molecule has 0 heterocycles. The minimum Gasteiger partial charge on any atom is -0.391 e. The Morgan fingerprint density at radius 3 is 1.88 bits per heavy atom. The van der Waals surface area contributed by atoms with Gasteiger partial charge in [0.05, 0.1) is 6.10 Å². The quantitative estimate of drug-likeness (QED) is 0.367. The second-order valence-electron chi connectivity index (χ2n) is 1.55. The fraction of sp³-hybridized carbons (Fsp3) is 1.00. The first-order valence-electron chi connectivity index (χ1n) is 2.16. The SMILES string of the molecule is CC(O)C(N)P(O)O. The molecule has 0 rings (SSSR count). The van der Waals surface area contributed by atoms with Crippen molar-refractivity contribution in [3.05, 3.63) is 0 Å². The number of rotatable bonds is 2. The van der Waals surface area contributed by atoms with Crippen molar-refractivity contribution in [2.45, 2.75) is 18.8 Å². The van der Waals surface area contributed by atoms with Gasteiger partial charge in [-0.05, 0) is 6.92 Å². The molecule has 5 N–H and O–H groups in total. The van der Waals surface area contributed by atoms with Gasteiger partial charge >= 0.3 is 0 Å². The van der Waals surface area contributed by atoms with Crippen molar-refractivity contribution >= 4 is 8.38 Å². The lowest BCUT2D eigenvalue weighted by Gasteiger charge is -2.14. The van der Waals surface area contributed by atoms with E-state index in [0.717, 1.165) is 0 Å². The van der Waals surface area contributed by atoms with Crippen LogP contribution in [0.15, 0.2) is 0 Å². The van der Waals surface area contributed by atoms with Crippen LogP contribution >= 0.6 is 8.38 Å². The van der Waals surface area contributed by atoms with Crippen LogP contribution in [-0.4, -0.2) is 26.8 Å². The lowest BCUT2D eigenvalue weighted by Crippen LogP contribution is -2.30. The van der Waals surface area contributed by atoms with E-state index in [-0.39, 0.29) is 0 Å². The predicted molar refractivity (Wildman–Crippen MR) is 31.0 cm³/mol. The maximum absolute atomic E-state index is 8.56. The van der Waals surface area contributed by atoms with Crippen molar-refractivity contribution in [3.8, 4) is 0 Å². The molecule has 0 spiro atoms. The standard InChI is InChI=1S/C3H10NO3P/c1-2(5)3(4)8(6)7/h2-3,5-7H,4H2,1H3. The minimum absolute atomic E-state index is 0.851. The van der Waals surface area contributed by atoms with E-state index in [9.17, 15) is 0 Å². The molecular weight excluding hydrogens is 129 g/mol. The molecule has 0 saturated heterocycles. The van der Waals surface area contributed by atoms with Crippen LogP contribution in [0.1, 0.15) is 6.92 Å². The molecule has 0 fully saturated rings. The van der Waals surface area contributed by atoms with E-state index in [1.807, 2.05) is 0 Å². The molecule has 5 heteroatoms. The Morgan fingerprint density at radius 1 is 1.50 bits per heavy atom. The van der Waals surface area contributed by atoms with Crippen LogP contribution in [0, 0.1) is 0 Å². The molecule has 0 radical (unpaired) electrons. The first kappa shape index (κ1) is 8.27. The van der Waals surface area contributed by atoms with Crippen molar-refractivity contribution in [2.24, 2.45) is 5.73 Å². The van der Waals surface area contributed by atoms with E-state index in [4.69, 9.17) is 20.6 Å². The second kappa shape index (κ2) is 3.33. The summed E-state index contributed by atoms with van der Waals surface area (Å²) in [5.41, 5.74) is 5.04. The molecule has 0 amide bonds. The lowest BCUT2D eigenvalue weighted by molar-refractivity contribution is 0.183. The largest absolute Gasteiger partial charge is 0.391 e. The Kier molecular flexibility index (Phi) is 3.44. The molecule has 0 aliphatic carbocycles. The minimum atomic E-state index is -2.17. The normalized spacial score (nSPS) is 18.8. The number of aliphatic hydroxyl groups is 1. The molecule has 0 aliphatic heterocycles. The van der Waals surface area contributed by atoms with Gasteiger partial charge in [-0.25, -0.2) is 0 Å². The van der Waals surface area contributed by atoms with Crippen LogP contribution < -0.4 is 5.73 Å². The maximum atomic E-state index is 8.56. The summed E-state index contributed by atoms with van der Waals surface area (Å²) >= 11 is 0. The van der Waals surface area contributed by atoms with Crippen LogP contribution in [0.2, 0.25) is 0 Å². The van der Waals surface area contributed by atoms with Crippen molar-refractivity contribution in [2.75, 3.05) is 0 Å². The third kappa shape index (κ3) is 2.55. The van der Waals surface area contributed by atoms with Gasteiger partial charge < -0.3 is 20.6 Å². The molecule has 2 unspecified atom stereocenters. The molecular formula is C3H10NO3P. The molecule has 0 bridgehead atoms. The maximum Gasteiger partial charge on any atom is 0.185 e. The Bertz CT molecular complexity index is 59.5. The van der Waals surface area contributed by atoms with E-state index in [1.165, 1.54) is 6.92 Å². The summed E-state index contributed by atoms with van der Waals surface area (Å²) in [4.78, 5) is 16.7. The van der Waals surface area contributed by atoms with Crippen LogP contribution in [0.4, 0.5) is 0 Å². The van der Waals surface area contributed by atoms with E-state index in [0.29, 0.717) is 0 Å². The van der Waals surface area contributed by atoms with Crippen molar-refractivity contribution < 1.29 is 14.9 Å². The Hall–Kier alpha value is 0.270. The molecule has 0 aliphatic rings. The van der Waals surface area contributed by atoms with Gasteiger partial charge in [0.15, 0.2) is 8.38 Å². The summed E-state index contributed by atoms with van der Waals surface area (Å²) in [5, 5.41) is 8.56. The number of aliphatic hydroxyl groups excluding tert-OH is 1. The summed E-state index contributed by atoms with van der Waals surface area (Å²) in [6, 6.07) is 0. The van der Waals surface area contributed by atoms with Gasteiger partial charge in [0.25, 0.3) is 0 Å². The smallest absolute Gasteiger partial charge is 0.185 e. The molecule has 4 nitrogen and oxygen atoms in total. The van der Waals surface area contributed by atoms with Crippen molar-refractivity contribution in [1.29, 1.82) is 0 Å². The zero-order valence-electron chi connectivity index (χ0n) is 4.52. The van der Waals surface area contributed by atoms with Crippen molar-refractivity contribution in [3.63, 3.8) is 0 Å². The summed E-state index contributed by atoms with van der Waals surface area (Å²) in [6.45, 7) is 1.41. The summed E-state index contributed by atoms with van der Waals surface area (Å²) in [5.74, 6) is -0.898. The van der Waals surface area contributed by atoms with Gasteiger partial charge in [-0.1, -0.05) is 0 Å². The Morgan fingerprint density at radius 2 is 1.88 bits per heavy atom. The highest BCUT2D eigenvalue weighted by Gasteiger charge is 2.16. The van der Waals surface area contributed by atoms with Crippen LogP contribution in [-0.2, 0) is 0 Å². The number of nitrogens with two attached hydrogens (primary N) is 1. The zero-order valence-corrected chi connectivity index (χ0v) is 5.42. The number of hydrogen-bond acceptors (Lipinski definition) is 4. The third-order valence-electron chi connectivity index (χ3n) is 0.761. The third-order valence-corrected chi connectivity index (χ3v) is 1.73. The van der Waals surface area contributed by atoms with E-state index < -0.39 is 20.3 Å². The highest BCUT2D eigenvalue weighted by Crippen LogP contribution is 2.28. The van der Waals surface area contributed by atoms with Crippen LogP contribution in [0.25, 0.3) is 0 Å². The zero-order chi connectivity index (χ0) is 6.73. The van der Waals surface area contributed by atoms with Gasteiger partial charge in [0.1, 0.15) is 5.78 Å². The molecule has 8 heavy (non-hydrogen) atoms. The molecule has 0 saturated carbocycles. The van der Waals surface area contributed by atoms with Crippen LogP contribution in [0.3, 0.4) is 0 Å². The van der Waals surface area contributed by atoms with E-state index >= 15 is 0 Å². The van der Waals surface area contributed by atoms with Crippen LogP contribution in [0.5, 0.6) is 0 Å². The summed E-state index contributed by atoms with van der Waals surface area (Å²) in [7, 11) is -2.17. The van der Waals surface area contributed by atoms with Gasteiger partial charge in [-0.15, -0.1) is 0 Å². The lowest BCUT2D eigenvalue weighted by atomic mass is 10.4. The Balaban J connectivity index is 3.46. The van der Waals surface area contributed by atoms with Gasteiger partial charge in [-0.3, -0.25) is 0 Å². The van der Waals surface area contributed by atoms with Gasteiger partial charge in [0, 0.05) is 0 Å². The highest BCUT2D eigenvalue weighted by atomic mass is 31.2. The molecule has 50 valence electrons. The van der Waals surface area contributed by atoms with E-state index in [2.05, 4.69) is 0 Å². The van der Waals surface area contributed by atoms with Crippen molar-refractivity contribution in [1.82, 2.24) is 0 Å². The molecule has 0 aromatic carbocycles. The average molecular weight is 139 g/mol. The summed E-state index contributed by atoms with van der Waals surface area (Å²) in [6.07, 6.45) is -0.851. The van der Waals surface area contributed by atoms with E-state index in [1.54, 1.807) is 0 Å². The first-order valence-corrected chi connectivity index (χ1v) is 3.48. The Labute approximate surface area is 48.9 Å². The number of hydrogen-bond donors (Lipinski definition) is 4. The average Bonchev–Trinajstić information content (AvgIpc) is 1.64. The predicted octanol–water partition coefficient (Wildman–Crippen LogP) is -1.05. The summed E-state index contributed by atoms with van der Waals surface area (Å²) < 4.78 is 0. The highest BCUT2D eigenvalue weighted by molar-refractivity contribution is 7.45. The topological polar surface area (TPSA) is 86.7 Å². The first-order chi connectivity index (χ1) is 3.55. The fourth-order valence-electron chi connectivity index (χ4n) is 0.193. The molecule has 0 aromatic rings. The fourth-order valence-corrected chi connectivity index (χ4v) is 0.579. The van der Waals surface area contributed by atoms with Gasteiger partial charge in [-0.2, -0.15) is 0 Å².